The molecule has 2 atom stereocenters. The molecule has 92 valence electrons. The van der Waals surface area contributed by atoms with Crippen LogP contribution < -0.4 is 0 Å². The lowest BCUT2D eigenvalue weighted by atomic mass is 9.69. The van der Waals surface area contributed by atoms with Crippen molar-refractivity contribution < 1.29 is 5.11 Å². The van der Waals surface area contributed by atoms with E-state index in [1.54, 1.807) is 0 Å². The van der Waals surface area contributed by atoms with Crippen LogP contribution in [0.15, 0.2) is 11.6 Å². The number of rotatable bonds is 2. The van der Waals surface area contributed by atoms with Crippen LogP contribution in [-0.4, -0.2) is 10.7 Å². The van der Waals surface area contributed by atoms with E-state index in [-0.39, 0.29) is 0 Å². The predicted octanol–water partition coefficient (Wildman–Crippen LogP) is 4.06. The minimum absolute atomic E-state index is 0.437. The second kappa shape index (κ2) is 4.91. The quantitative estimate of drug-likeness (QED) is 0.698. The van der Waals surface area contributed by atoms with Crippen molar-refractivity contribution >= 4 is 0 Å². The van der Waals surface area contributed by atoms with Crippen LogP contribution in [0.4, 0.5) is 0 Å². The van der Waals surface area contributed by atoms with Gasteiger partial charge in [-0.2, -0.15) is 0 Å². The van der Waals surface area contributed by atoms with Gasteiger partial charge in [-0.25, -0.2) is 0 Å². The van der Waals surface area contributed by atoms with E-state index in [4.69, 9.17) is 0 Å². The summed E-state index contributed by atoms with van der Waals surface area (Å²) in [6.45, 7) is 4.59. The molecule has 0 bridgehead atoms. The second-order valence-corrected chi connectivity index (χ2v) is 6.11. The zero-order chi connectivity index (χ0) is 11.6. The summed E-state index contributed by atoms with van der Waals surface area (Å²) in [5.74, 6) is 1.44. The van der Waals surface area contributed by atoms with Crippen LogP contribution in [0.3, 0.4) is 0 Å². The van der Waals surface area contributed by atoms with Gasteiger partial charge in [-0.15, -0.1) is 0 Å². The molecular formula is C15H26O. The smallest absolute Gasteiger partial charge is 0.0859 e. The van der Waals surface area contributed by atoms with Crippen molar-refractivity contribution in [2.75, 3.05) is 0 Å². The van der Waals surface area contributed by atoms with E-state index < -0.39 is 5.60 Å². The lowest BCUT2D eigenvalue weighted by Gasteiger charge is -2.41. The van der Waals surface area contributed by atoms with Crippen molar-refractivity contribution in [3.63, 3.8) is 0 Å². The van der Waals surface area contributed by atoms with Gasteiger partial charge < -0.3 is 5.11 Å². The zero-order valence-corrected chi connectivity index (χ0v) is 10.8. The highest BCUT2D eigenvalue weighted by atomic mass is 16.3. The van der Waals surface area contributed by atoms with Crippen molar-refractivity contribution in [1.82, 2.24) is 0 Å². The Bertz CT molecular complexity index is 267. The molecule has 0 radical (unpaired) electrons. The average molecular weight is 222 g/mol. The summed E-state index contributed by atoms with van der Waals surface area (Å²) in [6, 6.07) is 0. The van der Waals surface area contributed by atoms with Gasteiger partial charge in [0.2, 0.25) is 0 Å². The van der Waals surface area contributed by atoms with Crippen molar-refractivity contribution in [3.8, 4) is 0 Å². The molecule has 1 heteroatoms. The fourth-order valence-electron chi connectivity index (χ4n) is 3.42. The lowest BCUT2D eigenvalue weighted by molar-refractivity contribution is 0.00341. The van der Waals surface area contributed by atoms with Gasteiger partial charge in [-0.1, -0.05) is 19.9 Å². The van der Waals surface area contributed by atoms with E-state index in [1.165, 1.54) is 37.7 Å². The molecule has 16 heavy (non-hydrogen) atoms. The number of hydrogen-bond acceptors (Lipinski definition) is 1. The van der Waals surface area contributed by atoms with Gasteiger partial charge in [0.25, 0.3) is 0 Å². The summed E-state index contributed by atoms with van der Waals surface area (Å²) in [5.41, 5.74) is 0.928. The Hall–Kier alpha value is -0.300. The summed E-state index contributed by atoms with van der Waals surface area (Å²) in [7, 11) is 0. The van der Waals surface area contributed by atoms with E-state index >= 15 is 0 Å². The largest absolute Gasteiger partial charge is 0.386 e. The molecule has 1 N–H and O–H groups in total. The molecule has 2 aliphatic rings. The Labute approximate surface area is 99.9 Å². The van der Waals surface area contributed by atoms with Crippen LogP contribution in [0.25, 0.3) is 0 Å². The van der Waals surface area contributed by atoms with Gasteiger partial charge in [0.1, 0.15) is 0 Å². The van der Waals surface area contributed by atoms with Gasteiger partial charge in [0, 0.05) is 0 Å². The predicted molar refractivity (Wildman–Crippen MR) is 68.3 cm³/mol. The lowest BCUT2D eigenvalue weighted by Crippen LogP contribution is -2.39. The standard InChI is InChI=1S/C15H26O/c1-12(2)13-7-6-10-15(16,11-13)14-8-4-3-5-9-14/h8,12-13,16H,3-7,9-11H2,1-2H3. The van der Waals surface area contributed by atoms with Gasteiger partial charge >= 0.3 is 0 Å². The molecule has 0 aromatic carbocycles. The molecule has 1 nitrogen and oxygen atoms in total. The third-order valence-corrected chi connectivity index (χ3v) is 4.60. The fourth-order valence-corrected chi connectivity index (χ4v) is 3.42. The second-order valence-electron chi connectivity index (χ2n) is 6.11. The highest BCUT2D eigenvalue weighted by Gasteiger charge is 2.38. The SMILES string of the molecule is CC(C)C1CCCC(O)(C2=CCCCC2)C1. The molecule has 0 aromatic heterocycles. The van der Waals surface area contributed by atoms with Crippen LogP contribution in [0, 0.1) is 11.8 Å². The molecule has 0 heterocycles. The monoisotopic (exact) mass is 222 g/mol. The first kappa shape index (κ1) is 12.2. The zero-order valence-electron chi connectivity index (χ0n) is 10.8. The van der Waals surface area contributed by atoms with Crippen LogP contribution in [0.1, 0.15) is 65.2 Å². The molecule has 1 saturated carbocycles. The van der Waals surface area contributed by atoms with Crippen LogP contribution in [-0.2, 0) is 0 Å². The minimum atomic E-state index is -0.437. The maximum absolute atomic E-state index is 10.8. The highest BCUT2D eigenvalue weighted by molar-refractivity contribution is 5.19. The molecule has 0 amide bonds. The summed E-state index contributed by atoms with van der Waals surface area (Å²) in [4.78, 5) is 0. The van der Waals surface area contributed by atoms with Gasteiger partial charge in [0.15, 0.2) is 0 Å². The van der Waals surface area contributed by atoms with E-state index in [2.05, 4.69) is 19.9 Å². The normalized spacial score (nSPS) is 36.2. The first-order valence-corrected chi connectivity index (χ1v) is 7.04. The van der Waals surface area contributed by atoms with Crippen molar-refractivity contribution in [2.45, 2.75) is 70.8 Å². The molecule has 2 aliphatic carbocycles. The maximum Gasteiger partial charge on any atom is 0.0859 e. The molecule has 1 fully saturated rings. The highest BCUT2D eigenvalue weighted by Crippen LogP contribution is 2.42. The Morgan fingerprint density at radius 3 is 2.75 bits per heavy atom. The summed E-state index contributed by atoms with van der Waals surface area (Å²) in [5, 5.41) is 10.8. The van der Waals surface area contributed by atoms with Crippen molar-refractivity contribution in [3.05, 3.63) is 11.6 Å². The Morgan fingerprint density at radius 2 is 2.12 bits per heavy atom. The summed E-state index contributed by atoms with van der Waals surface area (Å²) >= 11 is 0. The molecule has 2 rings (SSSR count). The van der Waals surface area contributed by atoms with E-state index in [1.807, 2.05) is 0 Å². The van der Waals surface area contributed by atoms with E-state index in [9.17, 15) is 5.11 Å². The van der Waals surface area contributed by atoms with Gasteiger partial charge in [0.05, 0.1) is 5.60 Å². The average Bonchev–Trinajstić information content (AvgIpc) is 2.30. The Kier molecular flexibility index (Phi) is 3.73. The third kappa shape index (κ3) is 2.51. The minimum Gasteiger partial charge on any atom is -0.386 e. The summed E-state index contributed by atoms with van der Waals surface area (Å²) in [6.07, 6.45) is 11.8. The van der Waals surface area contributed by atoms with E-state index in [0.717, 1.165) is 31.1 Å². The summed E-state index contributed by atoms with van der Waals surface area (Å²) < 4.78 is 0. The Morgan fingerprint density at radius 1 is 1.31 bits per heavy atom. The van der Waals surface area contributed by atoms with Crippen LogP contribution in [0.2, 0.25) is 0 Å². The maximum atomic E-state index is 10.8. The number of aliphatic hydroxyl groups is 1. The van der Waals surface area contributed by atoms with Gasteiger partial charge in [-0.05, 0) is 68.8 Å². The number of hydrogen-bond donors (Lipinski definition) is 1. The van der Waals surface area contributed by atoms with Crippen molar-refractivity contribution in [1.29, 1.82) is 0 Å². The number of allylic oxidation sites excluding steroid dienone is 1. The molecular weight excluding hydrogens is 196 g/mol. The van der Waals surface area contributed by atoms with E-state index in [0.29, 0.717) is 0 Å². The molecule has 2 unspecified atom stereocenters. The molecule has 0 aromatic rings. The first-order chi connectivity index (χ1) is 7.62. The van der Waals surface area contributed by atoms with Crippen LogP contribution in [0.5, 0.6) is 0 Å². The molecule has 0 spiro atoms. The first-order valence-electron chi connectivity index (χ1n) is 7.04. The Balaban J connectivity index is 2.08. The molecule has 0 saturated heterocycles. The third-order valence-electron chi connectivity index (χ3n) is 4.60. The topological polar surface area (TPSA) is 20.2 Å². The molecule has 0 aliphatic heterocycles. The van der Waals surface area contributed by atoms with Gasteiger partial charge in [-0.3, -0.25) is 0 Å². The fraction of sp³-hybridized carbons (Fsp3) is 0.867. The van der Waals surface area contributed by atoms with Crippen LogP contribution >= 0.6 is 0 Å². The van der Waals surface area contributed by atoms with Crippen molar-refractivity contribution in [2.24, 2.45) is 11.8 Å².